The quantitative estimate of drug-likeness (QED) is 0.862. The molecule has 0 bridgehead atoms. The van der Waals surface area contributed by atoms with E-state index in [0.29, 0.717) is 0 Å². The van der Waals surface area contributed by atoms with Gasteiger partial charge in [-0.2, -0.15) is 5.26 Å². The number of aromatic nitrogens is 2. The van der Waals surface area contributed by atoms with E-state index in [1.807, 2.05) is 43.7 Å². The zero-order valence-electron chi connectivity index (χ0n) is 12.5. The highest BCUT2D eigenvalue weighted by Gasteiger charge is 2.22. The molecule has 0 unspecified atom stereocenters. The Morgan fingerprint density at radius 2 is 2.10 bits per heavy atom. The highest BCUT2D eigenvalue weighted by atomic mass is 32.2. The lowest BCUT2D eigenvalue weighted by Gasteiger charge is -2.19. The number of aliphatic hydroxyl groups is 1. The average Bonchev–Trinajstić information content (AvgIpc) is 2.85. The maximum absolute atomic E-state index is 9.34. The van der Waals surface area contributed by atoms with Gasteiger partial charge in [0.25, 0.3) is 0 Å². The maximum atomic E-state index is 9.34. The van der Waals surface area contributed by atoms with Gasteiger partial charge >= 0.3 is 0 Å². The number of nitrogens with zero attached hydrogens (tertiary/aromatic N) is 3. The van der Waals surface area contributed by atoms with Crippen LogP contribution >= 0.6 is 11.8 Å². The molecular weight excluding hydrogens is 282 g/mol. The summed E-state index contributed by atoms with van der Waals surface area (Å²) in [6.07, 6.45) is 1.69. The van der Waals surface area contributed by atoms with Crippen molar-refractivity contribution < 1.29 is 5.11 Å². The minimum atomic E-state index is -0.505. The van der Waals surface area contributed by atoms with Crippen molar-refractivity contribution in [3.8, 4) is 6.07 Å². The minimum Gasteiger partial charge on any atom is -0.390 e. The summed E-state index contributed by atoms with van der Waals surface area (Å²) >= 11 is 1.61. The molecule has 2 rings (SSSR count). The molecule has 110 valence electrons. The van der Waals surface area contributed by atoms with Gasteiger partial charge in [0.05, 0.1) is 30.0 Å². The topological polar surface area (TPSA) is 61.8 Å². The van der Waals surface area contributed by atoms with Crippen molar-refractivity contribution in [2.45, 2.75) is 36.8 Å². The molecule has 0 aliphatic heterocycles. The Hall–Kier alpha value is -1.77. The SMILES string of the molecule is Cn1c(CO)cnc1SCc1ccccc1C(C)(C)C#N. The van der Waals surface area contributed by atoms with Gasteiger partial charge in [-0.05, 0) is 25.0 Å². The molecule has 0 saturated heterocycles. The Morgan fingerprint density at radius 1 is 1.38 bits per heavy atom. The second-order valence-electron chi connectivity index (χ2n) is 5.43. The third kappa shape index (κ3) is 3.29. The fourth-order valence-corrected chi connectivity index (χ4v) is 3.14. The monoisotopic (exact) mass is 301 g/mol. The molecule has 0 aliphatic rings. The van der Waals surface area contributed by atoms with E-state index < -0.39 is 5.41 Å². The van der Waals surface area contributed by atoms with Gasteiger partial charge in [0, 0.05) is 12.8 Å². The smallest absolute Gasteiger partial charge is 0.168 e. The van der Waals surface area contributed by atoms with Crippen LogP contribution in [-0.2, 0) is 24.8 Å². The van der Waals surface area contributed by atoms with Crippen LogP contribution in [0.2, 0.25) is 0 Å². The van der Waals surface area contributed by atoms with E-state index in [4.69, 9.17) is 0 Å². The molecule has 0 radical (unpaired) electrons. The largest absolute Gasteiger partial charge is 0.390 e. The predicted octanol–water partition coefficient (Wildman–Crippen LogP) is 3.01. The van der Waals surface area contributed by atoms with E-state index in [-0.39, 0.29) is 6.61 Å². The minimum absolute atomic E-state index is 0.0118. The Morgan fingerprint density at radius 3 is 2.71 bits per heavy atom. The number of imidazole rings is 1. The molecule has 0 saturated carbocycles. The molecule has 4 nitrogen and oxygen atoms in total. The van der Waals surface area contributed by atoms with Crippen LogP contribution in [0.5, 0.6) is 0 Å². The second kappa shape index (κ2) is 6.33. The zero-order chi connectivity index (χ0) is 15.5. The van der Waals surface area contributed by atoms with Gasteiger partial charge in [-0.3, -0.25) is 0 Å². The van der Waals surface area contributed by atoms with Gasteiger partial charge in [0.1, 0.15) is 0 Å². The number of nitriles is 1. The summed E-state index contributed by atoms with van der Waals surface area (Å²) in [7, 11) is 1.89. The highest BCUT2D eigenvalue weighted by molar-refractivity contribution is 7.98. The van der Waals surface area contributed by atoms with Crippen molar-refractivity contribution >= 4 is 11.8 Å². The van der Waals surface area contributed by atoms with Crippen LogP contribution in [0.25, 0.3) is 0 Å². The normalized spacial score (nSPS) is 11.4. The number of rotatable bonds is 5. The van der Waals surface area contributed by atoms with Crippen molar-refractivity contribution in [3.63, 3.8) is 0 Å². The lowest BCUT2D eigenvalue weighted by atomic mass is 9.84. The molecule has 0 amide bonds. The fraction of sp³-hybridized carbons (Fsp3) is 0.375. The van der Waals surface area contributed by atoms with Crippen LogP contribution in [0.1, 0.15) is 30.7 Å². The first-order valence-corrected chi connectivity index (χ1v) is 7.72. The van der Waals surface area contributed by atoms with Crippen molar-refractivity contribution in [1.82, 2.24) is 9.55 Å². The first-order chi connectivity index (χ1) is 9.99. The van der Waals surface area contributed by atoms with Gasteiger partial charge in [-0.1, -0.05) is 36.0 Å². The zero-order valence-corrected chi connectivity index (χ0v) is 13.3. The first kappa shape index (κ1) is 15.6. The van der Waals surface area contributed by atoms with Gasteiger partial charge in [0.2, 0.25) is 0 Å². The third-order valence-corrected chi connectivity index (χ3v) is 4.62. The summed E-state index contributed by atoms with van der Waals surface area (Å²) in [6, 6.07) is 10.4. The van der Waals surface area contributed by atoms with Gasteiger partial charge < -0.3 is 9.67 Å². The highest BCUT2D eigenvalue weighted by Crippen LogP contribution is 2.30. The molecule has 1 aromatic heterocycles. The van der Waals surface area contributed by atoms with Gasteiger partial charge in [0.15, 0.2) is 5.16 Å². The van der Waals surface area contributed by atoms with Crippen LogP contribution < -0.4 is 0 Å². The third-order valence-electron chi connectivity index (χ3n) is 3.53. The summed E-state index contributed by atoms with van der Waals surface area (Å²) < 4.78 is 1.89. The van der Waals surface area contributed by atoms with Crippen LogP contribution in [-0.4, -0.2) is 14.7 Å². The maximum Gasteiger partial charge on any atom is 0.168 e. The van der Waals surface area contributed by atoms with E-state index in [0.717, 1.165) is 27.7 Å². The molecule has 0 atom stereocenters. The van der Waals surface area contributed by atoms with Crippen LogP contribution in [0.4, 0.5) is 0 Å². The molecule has 0 spiro atoms. The molecule has 21 heavy (non-hydrogen) atoms. The number of benzene rings is 1. The Labute approximate surface area is 129 Å². The number of hydrogen-bond acceptors (Lipinski definition) is 4. The first-order valence-electron chi connectivity index (χ1n) is 6.73. The Kier molecular flexibility index (Phi) is 4.71. The van der Waals surface area contributed by atoms with Crippen LogP contribution in [0.3, 0.4) is 0 Å². The molecule has 0 fully saturated rings. The van der Waals surface area contributed by atoms with Crippen LogP contribution in [0, 0.1) is 11.3 Å². The Bertz CT molecular complexity index is 670. The summed E-state index contributed by atoms with van der Waals surface area (Å²) in [5, 5.41) is 19.4. The lowest BCUT2D eigenvalue weighted by molar-refractivity contribution is 0.271. The van der Waals surface area contributed by atoms with E-state index in [9.17, 15) is 10.4 Å². The van der Waals surface area contributed by atoms with Crippen molar-refractivity contribution in [3.05, 3.63) is 47.3 Å². The molecular formula is C16H19N3OS. The predicted molar refractivity (Wildman–Crippen MR) is 83.8 cm³/mol. The van der Waals surface area contributed by atoms with E-state index in [1.54, 1.807) is 18.0 Å². The summed E-state index contributed by atoms with van der Waals surface area (Å²) in [6.45, 7) is 3.85. The van der Waals surface area contributed by atoms with Crippen molar-refractivity contribution in [2.24, 2.45) is 7.05 Å². The van der Waals surface area contributed by atoms with Crippen LogP contribution in [0.15, 0.2) is 35.6 Å². The van der Waals surface area contributed by atoms with Gasteiger partial charge in [-0.15, -0.1) is 0 Å². The number of aliphatic hydroxyl groups excluding tert-OH is 1. The molecule has 1 heterocycles. The lowest BCUT2D eigenvalue weighted by Crippen LogP contribution is -2.16. The molecule has 0 aliphatic carbocycles. The molecule has 1 aromatic carbocycles. The summed E-state index contributed by atoms with van der Waals surface area (Å²) in [4.78, 5) is 4.31. The molecule has 1 N–H and O–H groups in total. The fourth-order valence-electron chi connectivity index (χ4n) is 2.17. The second-order valence-corrected chi connectivity index (χ2v) is 6.37. The van der Waals surface area contributed by atoms with E-state index in [1.165, 1.54) is 0 Å². The van der Waals surface area contributed by atoms with Crippen molar-refractivity contribution in [2.75, 3.05) is 0 Å². The molecule has 5 heteroatoms. The molecule has 2 aromatic rings. The van der Waals surface area contributed by atoms with E-state index >= 15 is 0 Å². The van der Waals surface area contributed by atoms with Gasteiger partial charge in [-0.25, -0.2) is 4.98 Å². The summed E-state index contributed by atoms with van der Waals surface area (Å²) in [5.74, 6) is 0.747. The van der Waals surface area contributed by atoms with E-state index in [2.05, 4.69) is 17.1 Å². The summed E-state index contributed by atoms with van der Waals surface area (Å²) in [5.41, 5.74) is 2.48. The standard InChI is InChI=1S/C16H19N3OS/c1-16(2,11-17)14-7-5-4-6-12(14)10-21-15-18-8-13(9-20)19(15)3/h4-8,20H,9-10H2,1-3H3. The Balaban J connectivity index is 2.21. The van der Waals surface area contributed by atoms with Crippen molar-refractivity contribution in [1.29, 1.82) is 5.26 Å². The number of thioether (sulfide) groups is 1. The number of hydrogen-bond donors (Lipinski definition) is 1. The average molecular weight is 301 g/mol.